The monoisotopic (exact) mass is 446 g/mol. The molecule has 3 rings (SSSR count). The van der Waals surface area contributed by atoms with Crippen molar-refractivity contribution in [2.24, 2.45) is 0 Å². The number of rotatable bonds is 9. The van der Waals surface area contributed by atoms with Crippen molar-refractivity contribution in [3.05, 3.63) is 47.5 Å². The van der Waals surface area contributed by atoms with Crippen LogP contribution in [0.15, 0.2) is 52.5 Å². The smallest absolute Gasteiger partial charge is 0.234 e. The van der Waals surface area contributed by atoms with E-state index in [-0.39, 0.29) is 11.7 Å². The van der Waals surface area contributed by atoms with Crippen molar-refractivity contribution in [3.63, 3.8) is 0 Å². The van der Waals surface area contributed by atoms with E-state index >= 15 is 0 Å². The third-order valence-corrected chi connectivity index (χ3v) is 6.13. The lowest BCUT2D eigenvalue weighted by Crippen LogP contribution is -2.15. The summed E-state index contributed by atoms with van der Waals surface area (Å²) in [7, 11) is 1.65. The second kappa shape index (κ2) is 10.6. The van der Waals surface area contributed by atoms with Crippen LogP contribution in [0.1, 0.15) is 0 Å². The summed E-state index contributed by atoms with van der Waals surface area (Å²) >= 11 is 8.84. The van der Waals surface area contributed by atoms with Gasteiger partial charge in [-0.15, -0.1) is 11.8 Å². The number of aromatic nitrogens is 2. The van der Waals surface area contributed by atoms with E-state index in [4.69, 9.17) is 21.6 Å². The number of amides is 1. The quantitative estimate of drug-likeness (QED) is 0.480. The number of hydrogen-bond donors (Lipinski definition) is 1. The van der Waals surface area contributed by atoms with Gasteiger partial charge in [-0.25, -0.2) is 4.98 Å². The van der Waals surface area contributed by atoms with Gasteiger partial charge >= 0.3 is 0 Å². The Morgan fingerprint density at radius 3 is 2.93 bits per heavy atom. The van der Waals surface area contributed by atoms with Gasteiger partial charge in [0.2, 0.25) is 5.91 Å². The number of methoxy groups -OCH3 is 1. The minimum absolute atomic E-state index is 0.136. The van der Waals surface area contributed by atoms with E-state index in [2.05, 4.69) is 16.4 Å². The van der Waals surface area contributed by atoms with Crippen LogP contribution in [-0.2, 0) is 16.1 Å². The third kappa shape index (κ3) is 5.67. The lowest BCUT2D eigenvalue weighted by atomic mass is 10.3. The largest absolute Gasteiger partial charge is 0.383 e. The second-order valence-corrected chi connectivity index (χ2v) is 8.35. The molecule has 0 saturated heterocycles. The molecule has 0 saturated carbocycles. The number of fused-ring (bicyclic) bond motifs is 1. The van der Waals surface area contributed by atoms with Gasteiger partial charge in [0, 0.05) is 23.6 Å². The lowest BCUT2D eigenvalue weighted by Gasteiger charge is -2.10. The first-order valence-electron chi connectivity index (χ1n) is 8.78. The number of halogens is 1. The first kappa shape index (κ1) is 21.5. The molecule has 29 heavy (non-hydrogen) atoms. The Kier molecular flexibility index (Phi) is 7.83. The Hall–Kier alpha value is -2.18. The Morgan fingerprint density at radius 1 is 1.31 bits per heavy atom. The fraction of sp³-hybridized carbons (Fsp3) is 0.250. The number of carbonyl (C=O) groups is 1. The first-order chi connectivity index (χ1) is 14.1. The molecule has 3 aromatic rings. The van der Waals surface area contributed by atoms with Gasteiger partial charge in [-0.3, -0.25) is 4.79 Å². The molecule has 1 heterocycles. The molecule has 1 amide bonds. The van der Waals surface area contributed by atoms with Crippen molar-refractivity contribution in [2.45, 2.75) is 16.6 Å². The number of carbonyl (C=O) groups excluding carboxylic acids is 1. The summed E-state index contributed by atoms with van der Waals surface area (Å²) in [5, 5.41) is 13.1. The topological polar surface area (TPSA) is 79.9 Å². The van der Waals surface area contributed by atoms with Gasteiger partial charge in [-0.2, -0.15) is 5.26 Å². The minimum atomic E-state index is -0.136. The van der Waals surface area contributed by atoms with Gasteiger partial charge in [0.1, 0.15) is 0 Å². The number of ether oxygens (including phenoxy) is 1. The van der Waals surface area contributed by atoms with Gasteiger partial charge in [-0.1, -0.05) is 35.5 Å². The lowest BCUT2D eigenvalue weighted by molar-refractivity contribution is -0.113. The number of hydrogen-bond acceptors (Lipinski definition) is 6. The molecule has 6 nitrogen and oxygen atoms in total. The van der Waals surface area contributed by atoms with Crippen LogP contribution >= 0.6 is 35.1 Å². The molecule has 0 aliphatic rings. The highest BCUT2D eigenvalue weighted by Crippen LogP contribution is 2.28. The van der Waals surface area contributed by atoms with Crippen LogP contribution in [0.5, 0.6) is 0 Å². The highest BCUT2D eigenvalue weighted by atomic mass is 35.5. The summed E-state index contributed by atoms with van der Waals surface area (Å²) in [4.78, 5) is 18.0. The van der Waals surface area contributed by atoms with Crippen molar-refractivity contribution >= 4 is 57.8 Å². The highest BCUT2D eigenvalue weighted by molar-refractivity contribution is 8.00. The van der Waals surface area contributed by atoms with E-state index in [9.17, 15) is 4.79 Å². The minimum Gasteiger partial charge on any atom is -0.383 e. The average molecular weight is 447 g/mol. The number of para-hydroxylation sites is 1. The predicted molar refractivity (Wildman–Crippen MR) is 119 cm³/mol. The highest BCUT2D eigenvalue weighted by Gasteiger charge is 2.14. The zero-order valence-electron chi connectivity index (χ0n) is 15.7. The molecule has 0 spiro atoms. The Bertz CT molecular complexity index is 1050. The van der Waals surface area contributed by atoms with E-state index in [0.29, 0.717) is 29.6 Å². The van der Waals surface area contributed by atoms with Crippen LogP contribution < -0.4 is 5.32 Å². The molecular formula is C20H19ClN4O2S2. The van der Waals surface area contributed by atoms with Crippen LogP contribution in [0.2, 0.25) is 5.02 Å². The van der Waals surface area contributed by atoms with Crippen molar-refractivity contribution in [2.75, 3.05) is 30.5 Å². The molecular weight excluding hydrogens is 428 g/mol. The summed E-state index contributed by atoms with van der Waals surface area (Å²) < 4.78 is 7.24. The van der Waals surface area contributed by atoms with E-state index < -0.39 is 0 Å². The molecule has 2 aromatic carbocycles. The van der Waals surface area contributed by atoms with Crippen LogP contribution in [0.3, 0.4) is 0 Å². The molecule has 1 aromatic heterocycles. The Balaban J connectivity index is 1.72. The molecule has 150 valence electrons. The summed E-state index contributed by atoms with van der Waals surface area (Å²) in [5.74, 6) is 0.401. The molecule has 0 atom stereocenters. The van der Waals surface area contributed by atoms with E-state index in [0.717, 1.165) is 21.1 Å². The van der Waals surface area contributed by atoms with E-state index in [1.165, 1.54) is 23.5 Å². The molecule has 0 aliphatic heterocycles. The van der Waals surface area contributed by atoms with Gasteiger partial charge in [0.25, 0.3) is 0 Å². The van der Waals surface area contributed by atoms with Gasteiger partial charge < -0.3 is 14.6 Å². The predicted octanol–water partition coefficient (Wildman–Crippen LogP) is 4.68. The maximum absolute atomic E-state index is 12.5. The van der Waals surface area contributed by atoms with E-state index in [1.807, 2.05) is 47.0 Å². The maximum Gasteiger partial charge on any atom is 0.234 e. The fourth-order valence-electron chi connectivity index (χ4n) is 2.71. The number of thioether (sulfide) groups is 2. The number of nitrogens with zero attached hydrogens (tertiary/aromatic N) is 3. The molecule has 0 bridgehead atoms. The number of nitriles is 1. The first-order valence-corrected chi connectivity index (χ1v) is 11.1. The van der Waals surface area contributed by atoms with Crippen LogP contribution in [0, 0.1) is 11.3 Å². The van der Waals surface area contributed by atoms with Crippen molar-refractivity contribution < 1.29 is 9.53 Å². The van der Waals surface area contributed by atoms with Crippen molar-refractivity contribution in [1.29, 1.82) is 5.26 Å². The number of nitrogens with one attached hydrogen (secondary N) is 1. The van der Waals surface area contributed by atoms with Gasteiger partial charge in [-0.05, 0) is 30.3 Å². The maximum atomic E-state index is 12.5. The van der Waals surface area contributed by atoms with Gasteiger partial charge in [0.05, 0.1) is 40.9 Å². The third-order valence-electron chi connectivity index (χ3n) is 3.98. The molecule has 9 heteroatoms. The Morgan fingerprint density at radius 2 is 2.14 bits per heavy atom. The summed E-state index contributed by atoms with van der Waals surface area (Å²) in [6.07, 6.45) is 0. The normalized spacial score (nSPS) is 10.8. The van der Waals surface area contributed by atoms with Crippen molar-refractivity contribution in [1.82, 2.24) is 9.55 Å². The van der Waals surface area contributed by atoms with Crippen LogP contribution in [-0.4, -0.2) is 40.7 Å². The second-order valence-electron chi connectivity index (χ2n) is 5.95. The number of anilines is 1. The summed E-state index contributed by atoms with van der Waals surface area (Å²) in [5.41, 5.74) is 2.44. The van der Waals surface area contributed by atoms with Crippen LogP contribution in [0.4, 0.5) is 5.69 Å². The Labute approximate surface area is 182 Å². The fourth-order valence-corrected chi connectivity index (χ4v) is 4.39. The number of imidazole rings is 1. The van der Waals surface area contributed by atoms with E-state index in [1.54, 1.807) is 7.11 Å². The molecule has 1 N–H and O–H groups in total. The van der Waals surface area contributed by atoms with Crippen LogP contribution in [0.25, 0.3) is 11.0 Å². The molecule has 0 aliphatic carbocycles. The zero-order chi connectivity index (χ0) is 20.6. The number of benzene rings is 2. The standard InChI is InChI=1S/C20H19ClN4O2S2/c1-27-10-9-25-17-7-6-14(21)12-16(17)24-20(25)29-13-19(26)23-15-4-2-3-5-18(15)28-11-8-22/h2-7,12H,9-11,13H2,1H3,(H,23,26). The molecule has 0 radical (unpaired) electrons. The molecule has 0 unspecified atom stereocenters. The van der Waals surface area contributed by atoms with Crippen molar-refractivity contribution in [3.8, 4) is 6.07 Å². The molecule has 0 fully saturated rings. The summed E-state index contributed by atoms with van der Waals surface area (Å²) in [6.45, 7) is 1.17. The summed E-state index contributed by atoms with van der Waals surface area (Å²) in [6, 6.07) is 15.1. The SMILES string of the molecule is COCCn1c(SCC(=O)Nc2ccccc2SCC#N)nc2cc(Cl)ccc21. The zero-order valence-corrected chi connectivity index (χ0v) is 18.1. The average Bonchev–Trinajstić information content (AvgIpc) is 3.06. The van der Waals surface area contributed by atoms with Gasteiger partial charge in [0.15, 0.2) is 5.16 Å².